The second kappa shape index (κ2) is 16.9. The molecule has 0 saturated carbocycles. The van der Waals surface area contributed by atoms with Crippen LogP contribution < -0.4 is 51.4 Å². The molecule has 0 fully saturated rings. The number of thiol groups is 1. The van der Waals surface area contributed by atoms with E-state index in [-0.39, 0.29) is 58.0 Å². The first kappa shape index (κ1) is 27.9. The quantitative estimate of drug-likeness (QED) is 0.0659. The molecule has 0 aromatic rings. The van der Waals surface area contributed by atoms with E-state index in [4.69, 9.17) is 0 Å². The van der Waals surface area contributed by atoms with Crippen LogP contribution in [0.25, 0.3) is 0 Å². The summed E-state index contributed by atoms with van der Waals surface area (Å²) in [4.78, 5) is 0. The van der Waals surface area contributed by atoms with Crippen LogP contribution in [-0.4, -0.2) is 33.7 Å². The third-order valence-corrected chi connectivity index (χ3v) is 4.30. The van der Waals surface area contributed by atoms with Gasteiger partial charge in [0.25, 0.3) is 0 Å². The summed E-state index contributed by atoms with van der Waals surface area (Å²) >= 11 is 4.16. The molecule has 0 amide bonds. The zero-order chi connectivity index (χ0) is 17.6. The van der Waals surface area contributed by atoms with Crippen LogP contribution in [0.3, 0.4) is 0 Å². The second-order valence-corrected chi connectivity index (χ2v) is 7.62. The van der Waals surface area contributed by atoms with Gasteiger partial charge in [0.05, 0.1) is 6.61 Å². The Morgan fingerprint density at radius 2 is 1.12 bits per heavy atom. The first-order valence-corrected chi connectivity index (χ1v) is 10.9. The Morgan fingerprint density at radius 1 is 0.708 bits per heavy atom. The number of hydrogen-bond donors (Lipinski definition) is 1. The molecule has 140 valence electrons. The number of hydrogen-bond acceptors (Lipinski definition) is 9. The Bertz CT molecular complexity index is 481. The van der Waals surface area contributed by atoms with Gasteiger partial charge in [-0.1, -0.05) is 60.0 Å². The van der Waals surface area contributed by atoms with Gasteiger partial charge in [-0.25, -0.2) is 12.6 Å². The second-order valence-electron chi connectivity index (χ2n) is 5.03. The van der Waals surface area contributed by atoms with Crippen molar-refractivity contribution < 1.29 is 85.6 Å². The molecular weight excluding hydrogens is 407 g/mol. The normalized spacial score (nSPS) is 12.1. The average molecular weight is 433 g/mol. The number of unbranched alkanes of at least 4 members (excludes halogenated alkanes) is 9. The van der Waals surface area contributed by atoms with Crippen LogP contribution in [0.1, 0.15) is 64.2 Å². The van der Waals surface area contributed by atoms with Gasteiger partial charge in [0.1, 0.15) is 0 Å². The van der Waals surface area contributed by atoms with E-state index in [0.717, 1.165) is 31.4 Å². The SMILES string of the molecule is O=S(=O)([O-])OOS(=O)(=O)OCCCCCCCCCCCCS.[K+]. The third-order valence-electron chi connectivity index (χ3n) is 2.97. The minimum absolute atomic E-state index is 0. The van der Waals surface area contributed by atoms with Gasteiger partial charge < -0.3 is 4.55 Å². The van der Waals surface area contributed by atoms with E-state index < -0.39 is 20.8 Å². The van der Waals surface area contributed by atoms with Gasteiger partial charge in [0.2, 0.25) is 10.4 Å². The van der Waals surface area contributed by atoms with Crippen molar-refractivity contribution in [3.63, 3.8) is 0 Å². The van der Waals surface area contributed by atoms with Crippen molar-refractivity contribution in [1.82, 2.24) is 0 Å². The summed E-state index contributed by atoms with van der Waals surface area (Å²) in [5.74, 6) is 0.946. The Morgan fingerprint density at radius 3 is 1.54 bits per heavy atom. The molecule has 0 aliphatic rings. The molecule has 12 heteroatoms. The summed E-state index contributed by atoms with van der Waals surface area (Å²) in [7, 11) is -9.88. The third kappa shape index (κ3) is 21.8. The van der Waals surface area contributed by atoms with Crippen molar-refractivity contribution in [1.29, 1.82) is 0 Å². The standard InChI is InChI=1S/C12H26O8S3.K/c13-22(14,15)19-20-23(16,17)18-11-9-7-5-3-1-2-4-6-8-10-12-21;/h21H,1-12H2,(H,13,14,15);/q;+1/p-1. The smallest absolute Gasteiger partial charge is 0.724 e. The predicted molar refractivity (Wildman–Crippen MR) is 86.8 cm³/mol. The van der Waals surface area contributed by atoms with E-state index in [2.05, 4.69) is 25.5 Å². The fraction of sp³-hybridized carbons (Fsp3) is 1.00. The van der Waals surface area contributed by atoms with Crippen LogP contribution >= 0.6 is 12.6 Å². The van der Waals surface area contributed by atoms with Crippen molar-refractivity contribution >= 4 is 33.4 Å². The summed E-state index contributed by atoms with van der Waals surface area (Å²) in [6.07, 6.45) is 10.5. The molecule has 0 aliphatic carbocycles. The average Bonchev–Trinajstić information content (AvgIpc) is 2.46. The van der Waals surface area contributed by atoms with Crippen molar-refractivity contribution in [2.45, 2.75) is 64.2 Å². The van der Waals surface area contributed by atoms with Crippen LogP contribution in [0, 0.1) is 0 Å². The predicted octanol–water partition coefficient (Wildman–Crippen LogP) is -0.509. The fourth-order valence-electron chi connectivity index (χ4n) is 1.88. The van der Waals surface area contributed by atoms with E-state index in [1.165, 1.54) is 32.1 Å². The summed E-state index contributed by atoms with van der Waals surface area (Å²) in [6.45, 7) is -0.158. The molecule has 0 unspecified atom stereocenters. The minimum Gasteiger partial charge on any atom is -0.724 e. The van der Waals surface area contributed by atoms with E-state index in [1.54, 1.807) is 0 Å². The van der Waals surface area contributed by atoms with Gasteiger partial charge in [0, 0.05) is 0 Å². The van der Waals surface area contributed by atoms with Gasteiger partial charge in [-0.2, -0.15) is 21.0 Å². The molecule has 0 aromatic heterocycles. The maximum atomic E-state index is 11.0. The molecule has 0 aliphatic heterocycles. The molecule has 0 bridgehead atoms. The van der Waals surface area contributed by atoms with Gasteiger partial charge in [-0.15, -0.1) is 0 Å². The Hall–Kier alpha value is 1.73. The molecule has 0 radical (unpaired) electrons. The zero-order valence-corrected chi connectivity index (χ0v) is 19.7. The summed E-state index contributed by atoms with van der Waals surface area (Å²) in [6, 6.07) is 0. The van der Waals surface area contributed by atoms with E-state index in [0.29, 0.717) is 6.42 Å². The first-order valence-electron chi connectivity index (χ1n) is 7.60. The molecule has 24 heavy (non-hydrogen) atoms. The minimum atomic E-state index is -5.25. The van der Waals surface area contributed by atoms with E-state index >= 15 is 0 Å². The largest absolute Gasteiger partial charge is 1.00 e. The molecule has 0 rings (SSSR count). The van der Waals surface area contributed by atoms with Crippen molar-refractivity contribution in [3.05, 3.63) is 0 Å². The summed E-state index contributed by atoms with van der Waals surface area (Å²) < 4.78 is 63.0. The van der Waals surface area contributed by atoms with Crippen molar-refractivity contribution in [2.75, 3.05) is 12.4 Å². The molecule has 0 N–H and O–H groups in total. The molecule has 0 heterocycles. The van der Waals surface area contributed by atoms with Gasteiger partial charge >= 0.3 is 61.8 Å². The molecule has 0 spiro atoms. The number of rotatable bonds is 16. The van der Waals surface area contributed by atoms with Crippen LogP contribution in [0.15, 0.2) is 0 Å². The van der Waals surface area contributed by atoms with Crippen LogP contribution in [0.2, 0.25) is 0 Å². The van der Waals surface area contributed by atoms with Crippen molar-refractivity contribution in [3.8, 4) is 0 Å². The molecule has 8 nitrogen and oxygen atoms in total. The van der Waals surface area contributed by atoms with Crippen LogP contribution in [0.4, 0.5) is 0 Å². The Kier molecular flexibility index (Phi) is 19.6. The summed E-state index contributed by atoms with van der Waals surface area (Å²) in [5, 5.41) is 0. The van der Waals surface area contributed by atoms with Crippen molar-refractivity contribution in [2.24, 2.45) is 0 Å². The zero-order valence-electron chi connectivity index (χ0n) is 14.0. The molecule has 0 atom stereocenters. The topological polar surface area (TPSA) is 119 Å². The Balaban J connectivity index is 0. The van der Waals surface area contributed by atoms with E-state index in [1.807, 2.05) is 0 Å². The fourth-order valence-corrected chi connectivity index (χ4v) is 3.01. The Labute approximate surface area is 193 Å². The molecule has 0 saturated heterocycles. The van der Waals surface area contributed by atoms with Crippen LogP contribution in [-0.2, 0) is 33.6 Å². The maximum absolute atomic E-state index is 11.0. The molecular formula is C12H25KO8S3. The van der Waals surface area contributed by atoms with Gasteiger partial charge in [0.15, 0.2) is 0 Å². The monoisotopic (exact) mass is 432 g/mol. The van der Waals surface area contributed by atoms with Gasteiger partial charge in [-0.05, 0) is 18.6 Å². The summed E-state index contributed by atoms with van der Waals surface area (Å²) in [5.41, 5.74) is 0. The van der Waals surface area contributed by atoms with Crippen LogP contribution in [0.5, 0.6) is 0 Å². The molecule has 0 aromatic carbocycles. The van der Waals surface area contributed by atoms with E-state index in [9.17, 15) is 21.4 Å². The van der Waals surface area contributed by atoms with Gasteiger partial charge in [-0.3, -0.25) is 0 Å². The first-order chi connectivity index (χ1) is 10.8. The maximum Gasteiger partial charge on any atom is 1.00 e.